The van der Waals surface area contributed by atoms with Gasteiger partial charge >= 0.3 is 0 Å². The van der Waals surface area contributed by atoms with Gasteiger partial charge in [-0.25, -0.2) is 0 Å². The fourth-order valence-electron chi connectivity index (χ4n) is 3.59. The fraction of sp³-hybridized carbons (Fsp3) is 0.619. The molecule has 0 aromatic heterocycles. The van der Waals surface area contributed by atoms with Gasteiger partial charge in [-0.05, 0) is 51.3 Å². The second-order valence-corrected chi connectivity index (χ2v) is 6.85. The Balaban J connectivity index is 1.82. The molecule has 1 aliphatic rings. The van der Waals surface area contributed by atoms with Gasteiger partial charge in [-0.2, -0.15) is 0 Å². The summed E-state index contributed by atoms with van der Waals surface area (Å²) in [5, 5.41) is 0. The van der Waals surface area contributed by atoms with Crippen molar-refractivity contribution in [3.8, 4) is 11.5 Å². The molecule has 2 rings (SSSR count). The maximum atomic E-state index is 12.5. The van der Waals surface area contributed by atoms with E-state index in [0.29, 0.717) is 42.6 Å². The monoisotopic (exact) mass is 361 g/mol. The highest BCUT2D eigenvalue weighted by atomic mass is 16.5. The van der Waals surface area contributed by atoms with Gasteiger partial charge in [0.25, 0.3) is 0 Å². The summed E-state index contributed by atoms with van der Waals surface area (Å²) in [6.07, 6.45) is 7.19. The minimum absolute atomic E-state index is 0.0113. The van der Waals surface area contributed by atoms with Crippen LogP contribution >= 0.6 is 0 Å². The number of nitrogens with zero attached hydrogens (tertiary/aromatic N) is 1. The first kappa shape index (κ1) is 20.3. The second-order valence-electron chi connectivity index (χ2n) is 6.85. The maximum Gasteiger partial charge on any atom is 0.222 e. The molecule has 0 aliphatic heterocycles. The van der Waals surface area contributed by atoms with Gasteiger partial charge in [0.1, 0.15) is 0 Å². The van der Waals surface area contributed by atoms with E-state index < -0.39 is 0 Å². The predicted octanol–water partition coefficient (Wildman–Crippen LogP) is 4.24. The Hall–Kier alpha value is -2.04. The molecule has 1 saturated carbocycles. The maximum absolute atomic E-state index is 12.5. The van der Waals surface area contributed by atoms with Gasteiger partial charge in [0.15, 0.2) is 17.3 Å². The van der Waals surface area contributed by atoms with Gasteiger partial charge in [0.05, 0.1) is 13.7 Å². The third kappa shape index (κ3) is 5.48. The number of rotatable bonds is 9. The van der Waals surface area contributed by atoms with E-state index in [2.05, 4.69) is 6.92 Å². The molecule has 0 bridgehead atoms. The van der Waals surface area contributed by atoms with Crippen molar-refractivity contribution in [1.29, 1.82) is 0 Å². The summed E-state index contributed by atoms with van der Waals surface area (Å²) >= 11 is 0. The van der Waals surface area contributed by atoms with E-state index in [1.54, 1.807) is 25.3 Å². The number of methoxy groups -OCH3 is 1. The average molecular weight is 361 g/mol. The normalized spacial score (nSPS) is 14.7. The topological polar surface area (TPSA) is 55.8 Å². The standard InChI is InChI=1S/C21H31NO4/c1-4-22(18-9-6-5-7-10-18)21(24)11-8-14-26-19-13-12-17(16(2)23)15-20(19)25-3/h12-13,15,18H,4-11,14H2,1-3H3. The SMILES string of the molecule is CCN(C(=O)CCCOc1ccc(C(C)=O)cc1OC)C1CCCCC1. The summed E-state index contributed by atoms with van der Waals surface area (Å²) in [7, 11) is 1.55. The first-order valence-electron chi connectivity index (χ1n) is 9.68. The molecule has 0 radical (unpaired) electrons. The lowest BCUT2D eigenvalue weighted by molar-refractivity contribution is -0.134. The number of amides is 1. The summed E-state index contributed by atoms with van der Waals surface area (Å²) in [6, 6.07) is 5.58. The van der Waals surface area contributed by atoms with Crippen LogP contribution in [0.25, 0.3) is 0 Å². The van der Waals surface area contributed by atoms with Crippen molar-refractivity contribution < 1.29 is 19.1 Å². The van der Waals surface area contributed by atoms with Crippen LogP contribution in [0.3, 0.4) is 0 Å². The van der Waals surface area contributed by atoms with Crippen LogP contribution in [-0.2, 0) is 4.79 Å². The van der Waals surface area contributed by atoms with E-state index in [4.69, 9.17) is 9.47 Å². The number of carbonyl (C=O) groups excluding carboxylic acids is 2. The van der Waals surface area contributed by atoms with Crippen LogP contribution in [0.15, 0.2) is 18.2 Å². The van der Waals surface area contributed by atoms with Crippen LogP contribution < -0.4 is 9.47 Å². The van der Waals surface area contributed by atoms with Crippen LogP contribution in [0.4, 0.5) is 0 Å². The van der Waals surface area contributed by atoms with Crippen LogP contribution in [0.1, 0.15) is 69.2 Å². The molecule has 0 N–H and O–H groups in total. The highest BCUT2D eigenvalue weighted by molar-refractivity contribution is 5.94. The van der Waals surface area contributed by atoms with E-state index in [-0.39, 0.29) is 11.7 Å². The predicted molar refractivity (Wildman–Crippen MR) is 102 cm³/mol. The van der Waals surface area contributed by atoms with Crippen molar-refractivity contribution in [3.05, 3.63) is 23.8 Å². The van der Waals surface area contributed by atoms with E-state index in [0.717, 1.165) is 19.4 Å². The first-order chi connectivity index (χ1) is 12.6. The zero-order chi connectivity index (χ0) is 18.9. The van der Waals surface area contributed by atoms with Gasteiger partial charge in [-0.15, -0.1) is 0 Å². The Morgan fingerprint density at radius 1 is 1.15 bits per heavy atom. The third-order valence-corrected chi connectivity index (χ3v) is 5.04. The van der Waals surface area contributed by atoms with Crippen molar-refractivity contribution >= 4 is 11.7 Å². The summed E-state index contributed by atoms with van der Waals surface area (Å²) in [5.74, 6) is 1.36. The highest BCUT2D eigenvalue weighted by Gasteiger charge is 2.23. The molecule has 1 aliphatic carbocycles. The second kappa shape index (κ2) is 10.2. The smallest absolute Gasteiger partial charge is 0.222 e. The van der Waals surface area contributed by atoms with Gasteiger partial charge < -0.3 is 14.4 Å². The number of Topliss-reactive ketones (excluding diaryl/α,β-unsaturated/α-hetero) is 1. The minimum atomic E-state index is -0.0113. The molecular formula is C21H31NO4. The molecule has 5 nitrogen and oxygen atoms in total. The molecule has 26 heavy (non-hydrogen) atoms. The van der Waals surface area contributed by atoms with Crippen LogP contribution in [-0.4, -0.2) is 42.9 Å². The Bertz CT molecular complexity index is 608. The van der Waals surface area contributed by atoms with Gasteiger partial charge in [0.2, 0.25) is 5.91 Å². The molecule has 5 heteroatoms. The molecule has 1 aromatic rings. The minimum Gasteiger partial charge on any atom is -0.493 e. The first-order valence-corrected chi connectivity index (χ1v) is 9.68. The van der Waals surface area contributed by atoms with Crippen molar-refractivity contribution in [1.82, 2.24) is 4.90 Å². The average Bonchev–Trinajstić information content (AvgIpc) is 2.66. The Morgan fingerprint density at radius 3 is 2.50 bits per heavy atom. The van der Waals surface area contributed by atoms with E-state index in [9.17, 15) is 9.59 Å². The lowest BCUT2D eigenvalue weighted by Gasteiger charge is -2.33. The number of carbonyl (C=O) groups is 2. The Kier molecular flexibility index (Phi) is 7.95. The number of hydrogen-bond donors (Lipinski definition) is 0. The lowest BCUT2D eigenvalue weighted by Crippen LogP contribution is -2.41. The van der Waals surface area contributed by atoms with Gasteiger partial charge in [0, 0.05) is 24.6 Å². The fourth-order valence-corrected chi connectivity index (χ4v) is 3.59. The van der Waals surface area contributed by atoms with Gasteiger partial charge in [-0.1, -0.05) is 19.3 Å². The van der Waals surface area contributed by atoms with E-state index >= 15 is 0 Å². The lowest BCUT2D eigenvalue weighted by atomic mass is 9.94. The molecule has 144 valence electrons. The number of ketones is 1. The molecule has 1 aromatic carbocycles. The van der Waals surface area contributed by atoms with E-state index in [1.165, 1.54) is 26.2 Å². The van der Waals surface area contributed by atoms with Crippen LogP contribution in [0.5, 0.6) is 11.5 Å². The molecule has 1 fully saturated rings. The van der Waals surface area contributed by atoms with Crippen molar-refractivity contribution in [3.63, 3.8) is 0 Å². The molecule has 0 heterocycles. The summed E-state index contributed by atoms with van der Waals surface area (Å²) in [5.41, 5.74) is 0.593. The third-order valence-electron chi connectivity index (χ3n) is 5.04. The number of ether oxygens (including phenoxy) is 2. The summed E-state index contributed by atoms with van der Waals surface area (Å²) in [4.78, 5) is 26.0. The number of benzene rings is 1. The highest BCUT2D eigenvalue weighted by Crippen LogP contribution is 2.28. The zero-order valence-corrected chi connectivity index (χ0v) is 16.3. The molecule has 0 atom stereocenters. The van der Waals surface area contributed by atoms with Crippen molar-refractivity contribution in [2.45, 2.75) is 64.8 Å². The van der Waals surface area contributed by atoms with E-state index in [1.807, 2.05) is 4.90 Å². The largest absolute Gasteiger partial charge is 0.493 e. The van der Waals surface area contributed by atoms with Crippen molar-refractivity contribution in [2.24, 2.45) is 0 Å². The Morgan fingerprint density at radius 2 is 1.88 bits per heavy atom. The van der Waals surface area contributed by atoms with Crippen molar-refractivity contribution in [2.75, 3.05) is 20.3 Å². The molecule has 1 amide bonds. The van der Waals surface area contributed by atoms with Gasteiger partial charge in [-0.3, -0.25) is 9.59 Å². The molecule has 0 saturated heterocycles. The molecule has 0 spiro atoms. The zero-order valence-electron chi connectivity index (χ0n) is 16.3. The quantitative estimate of drug-likeness (QED) is 0.488. The summed E-state index contributed by atoms with van der Waals surface area (Å²) < 4.78 is 11.1. The molecular weight excluding hydrogens is 330 g/mol. The summed E-state index contributed by atoms with van der Waals surface area (Å²) in [6.45, 7) is 4.81. The van der Waals surface area contributed by atoms with Crippen LogP contribution in [0.2, 0.25) is 0 Å². The van der Waals surface area contributed by atoms with Crippen LogP contribution in [0, 0.1) is 0 Å². The Labute approximate surface area is 156 Å². The molecule has 0 unspecified atom stereocenters. The number of hydrogen-bond acceptors (Lipinski definition) is 4.